The minimum Gasteiger partial charge on any atom is -0.478 e. The summed E-state index contributed by atoms with van der Waals surface area (Å²) in [6, 6.07) is 11.1. The maximum absolute atomic E-state index is 12.6. The lowest BCUT2D eigenvalue weighted by Gasteiger charge is -2.14. The van der Waals surface area contributed by atoms with E-state index >= 15 is 0 Å². The lowest BCUT2D eigenvalue weighted by Crippen LogP contribution is -2.17. The molecule has 122 valence electrons. The Kier molecular flexibility index (Phi) is 5.05. The summed E-state index contributed by atoms with van der Waals surface area (Å²) in [5.74, 6) is -1.27. The van der Waals surface area contributed by atoms with Crippen LogP contribution in [-0.4, -0.2) is 19.5 Å². The van der Waals surface area contributed by atoms with E-state index in [1.165, 1.54) is 24.3 Å². The standard InChI is InChI=1S/C17H19NO4S/c1-3-12-9-10-15(13(4-2)11-12)18-23(21,22)16-8-6-5-7-14(16)17(19)20/h5-11,18H,3-4H2,1-2H3,(H,19,20). The molecule has 0 aliphatic carbocycles. The molecular weight excluding hydrogens is 314 g/mol. The molecule has 2 aromatic carbocycles. The molecule has 0 bridgehead atoms. The van der Waals surface area contributed by atoms with E-state index < -0.39 is 16.0 Å². The third kappa shape index (κ3) is 3.71. The number of carboxylic acid groups (broad SMARTS) is 1. The Morgan fingerprint density at radius 2 is 1.78 bits per heavy atom. The van der Waals surface area contributed by atoms with E-state index in [9.17, 15) is 18.3 Å². The van der Waals surface area contributed by atoms with E-state index in [1.54, 1.807) is 6.07 Å². The van der Waals surface area contributed by atoms with Gasteiger partial charge in [-0.05, 0) is 42.2 Å². The third-order valence-electron chi connectivity index (χ3n) is 3.61. The normalized spacial score (nSPS) is 11.2. The summed E-state index contributed by atoms with van der Waals surface area (Å²) in [5, 5.41) is 9.17. The highest BCUT2D eigenvalue weighted by Crippen LogP contribution is 2.24. The maximum Gasteiger partial charge on any atom is 0.337 e. The SMILES string of the molecule is CCc1ccc(NS(=O)(=O)c2ccccc2C(=O)O)c(CC)c1. The van der Waals surface area contributed by atoms with Gasteiger partial charge >= 0.3 is 5.97 Å². The van der Waals surface area contributed by atoms with Crippen LogP contribution in [0.2, 0.25) is 0 Å². The molecular formula is C17H19NO4S. The predicted molar refractivity (Wildman–Crippen MR) is 89.4 cm³/mol. The number of hydrogen-bond donors (Lipinski definition) is 2. The summed E-state index contributed by atoms with van der Waals surface area (Å²) >= 11 is 0. The maximum atomic E-state index is 12.6. The van der Waals surface area contributed by atoms with Crippen LogP contribution in [0.3, 0.4) is 0 Å². The van der Waals surface area contributed by atoms with Gasteiger partial charge in [-0.25, -0.2) is 13.2 Å². The molecule has 0 aromatic heterocycles. The molecule has 0 fully saturated rings. The largest absolute Gasteiger partial charge is 0.478 e. The molecule has 0 atom stereocenters. The Morgan fingerprint density at radius 1 is 1.09 bits per heavy atom. The number of carbonyl (C=O) groups is 1. The summed E-state index contributed by atoms with van der Waals surface area (Å²) < 4.78 is 27.7. The number of anilines is 1. The van der Waals surface area contributed by atoms with Gasteiger partial charge in [-0.3, -0.25) is 4.72 Å². The molecule has 0 amide bonds. The van der Waals surface area contributed by atoms with Crippen LogP contribution in [0.25, 0.3) is 0 Å². The smallest absolute Gasteiger partial charge is 0.337 e. The molecule has 23 heavy (non-hydrogen) atoms. The number of carboxylic acids is 1. The van der Waals surface area contributed by atoms with Crippen molar-refractivity contribution >= 4 is 21.7 Å². The quantitative estimate of drug-likeness (QED) is 0.849. The van der Waals surface area contributed by atoms with E-state index in [0.29, 0.717) is 12.1 Å². The summed E-state index contributed by atoms with van der Waals surface area (Å²) in [5.41, 5.74) is 2.23. The van der Waals surface area contributed by atoms with Crippen molar-refractivity contribution in [2.45, 2.75) is 31.6 Å². The first-order valence-corrected chi connectivity index (χ1v) is 8.84. The van der Waals surface area contributed by atoms with Crippen molar-refractivity contribution in [2.24, 2.45) is 0 Å². The molecule has 2 rings (SSSR count). The van der Waals surface area contributed by atoms with Crippen molar-refractivity contribution in [1.82, 2.24) is 0 Å². The minimum absolute atomic E-state index is 0.242. The monoisotopic (exact) mass is 333 g/mol. The molecule has 5 nitrogen and oxygen atoms in total. The Labute approximate surface area is 136 Å². The van der Waals surface area contributed by atoms with Crippen LogP contribution in [0, 0.1) is 0 Å². The highest BCUT2D eigenvalue weighted by Gasteiger charge is 2.22. The molecule has 0 spiro atoms. The molecule has 2 aromatic rings. The fourth-order valence-corrected chi connectivity index (χ4v) is 3.64. The number of aromatic carboxylic acids is 1. The Balaban J connectivity index is 2.45. The van der Waals surface area contributed by atoms with Gasteiger partial charge < -0.3 is 5.11 Å². The molecule has 0 heterocycles. The van der Waals surface area contributed by atoms with Crippen molar-refractivity contribution in [2.75, 3.05) is 4.72 Å². The van der Waals surface area contributed by atoms with Crippen LogP contribution in [-0.2, 0) is 22.9 Å². The molecule has 0 saturated carbocycles. The Hall–Kier alpha value is -2.34. The number of sulfonamides is 1. The van der Waals surface area contributed by atoms with E-state index in [1.807, 2.05) is 26.0 Å². The number of rotatable bonds is 6. The zero-order valence-electron chi connectivity index (χ0n) is 13.0. The van der Waals surface area contributed by atoms with Crippen LogP contribution in [0.1, 0.15) is 35.3 Å². The highest BCUT2D eigenvalue weighted by atomic mass is 32.2. The van der Waals surface area contributed by atoms with Crippen molar-refractivity contribution in [3.8, 4) is 0 Å². The number of benzene rings is 2. The van der Waals surface area contributed by atoms with Gasteiger partial charge in [0.15, 0.2) is 0 Å². The van der Waals surface area contributed by atoms with E-state index in [4.69, 9.17) is 0 Å². The molecule has 2 N–H and O–H groups in total. The Morgan fingerprint density at radius 3 is 2.39 bits per heavy atom. The lowest BCUT2D eigenvalue weighted by molar-refractivity contribution is 0.0692. The van der Waals surface area contributed by atoms with Gasteiger partial charge in [0.2, 0.25) is 0 Å². The van der Waals surface area contributed by atoms with Crippen molar-refractivity contribution in [3.05, 3.63) is 59.2 Å². The van der Waals surface area contributed by atoms with E-state index in [-0.39, 0.29) is 10.5 Å². The number of aryl methyl sites for hydroxylation is 2. The number of nitrogens with one attached hydrogen (secondary N) is 1. The third-order valence-corrected chi connectivity index (χ3v) is 5.03. The summed E-state index contributed by atoms with van der Waals surface area (Å²) in [4.78, 5) is 11.0. The average molecular weight is 333 g/mol. The topological polar surface area (TPSA) is 83.5 Å². The van der Waals surface area contributed by atoms with Gasteiger partial charge in [0, 0.05) is 0 Å². The molecule has 0 radical (unpaired) electrons. The second kappa shape index (κ2) is 6.83. The fraction of sp³-hybridized carbons (Fsp3) is 0.235. The minimum atomic E-state index is -3.97. The van der Waals surface area contributed by atoms with Crippen LogP contribution >= 0.6 is 0 Å². The summed E-state index contributed by atoms with van der Waals surface area (Å²) in [6.07, 6.45) is 1.54. The van der Waals surface area contributed by atoms with E-state index in [0.717, 1.165) is 17.5 Å². The second-order valence-electron chi connectivity index (χ2n) is 5.11. The van der Waals surface area contributed by atoms with Crippen LogP contribution < -0.4 is 4.72 Å². The zero-order chi connectivity index (χ0) is 17.0. The number of hydrogen-bond acceptors (Lipinski definition) is 3. The van der Waals surface area contributed by atoms with Gasteiger partial charge in [0.25, 0.3) is 10.0 Å². The predicted octanol–water partition coefficient (Wildman–Crippen LogP) is 3.31. The van der Waals surface area contributed by atoms with Crippen LogP contribution in [0.15, 0.2) is 47.4 Å². The molecule has 6 heteroatoms. The molecule has 0 unspecified atom stereocenters. The van der Waals surface area contributed by atoms with Gasteiger partial charge in [-0.15, -0.1) is 0 Å². The first kappa shape index (κ1) is 17.0. The Bertz CT molecular complexity index is 828. The van der Waals surface area contributed by atoms with Crippen molar-refractivity contribution in [3.63, 3.8) is 0 Å². The molecule has 0 aliphatic heterocycles. The van der Waals surface area contributed by atoms with E-state index in [2.05, 4.69) is 4.72 Å². The zero-order valence-corrected chi connectivity index (χ0v) is 13.9. The first-order chi connectivity index (χ1) is 10.9. The van der Waals surface area contributed by atoms with Crippen LogP contribution in [0.5, 0.6) is 0 Å². The fourth-order valence-electron chi connectivity index (χ4n) is 2.34. The average Bonchev–Trinajstić information content (AvgIpc) is 2.54. The van der Waals surface area contributed by atoms with Gasteiger partial charge in [0.05, 0.1) is 11.3 Å². The van der Waals surface area contributed by atoms with Gasteiger partial charge in [0.1, 0.15) is 4.90 Å². The first-order valence-electron chi connectivity index (χ1n) is 7.36. The molecule has 0 aliphatic rings. The summed E-state index contributed by atoms with van der Waals surface area (Å²) in [7, 11) is -3.97. The van der Waals surface area contributed by atoms with Crippen LogP contribution in [0.4, 0.5) is 5.69 Å². The van der Waals surface area contributed by atoms with Gasteiger partial charge in [-0.2, -0.15) is 0 Å². The van der Waals surface area contributed by atoms with Gasteiger partial charge in [-0.1, -0.05) is 38.1 Å². The second-order valence-corrected chi connectivity index (χ2v) is 6.76. The highest BCUT2D eigenvalue weighted by molar-refractivity contribution is 7.92. The lowest BCUT2D eigenvalue weighted by atomic mass is 10.1. The summed E-state index contributed by atoms with van der Waals surface area (Å²) in [6.45, 7) is 3.97. The molecule has 0 saturated heterocycles. The van der Waals surface area contributed by atoms with Crippen molar-refractivity contribution < 1.29 is 18.3 Å². The van der Waals surface area contributed by atoms with Crippen molar-refractivity contribution in [1.29, 1.82) is 0 Å².